The number of nitrogens with one attached hydrogen (secondary N) is 1. The second-order valence-corrected chi connectivity index (χ2v) is 6.67. The van der Waals surface area contributed by atoms with Crippen molar-refractivity contribution in [3.63, 3.8) is 0 Å². The highest BCUT2D eigenvalue weighted by molar-refractivity contribution is 5.75. The minimum Gasteiger partial charge on any atom is -0.339 e. The average molecular weight is 323 g/mol. The Bertz CT molecular complexity index is 469. The largest absolute Gasteiger partial charge is 0.339 e. The van der Waals surface area contributed by atoms with Gasteiger partial charge in [-0.25, -0.2) is 5.48 Å². The third-order valence-electron chi connectivity index (χ3n) is 4.75. The molecule has 1 heterocycles. The molecule has 1 saturated carbocycles. The topological polar surface area (TPSA) is 88.2 Å². The number of nitrogens with zero attached hydrogens (tertiary/aromatic N) is 2. The zero-order chi connectivity index (χ0) is 16.5. The van der Waals surface area contributed by atoms with Gasteiger partial charge in [-0.2, -0.15) is 4.98 Å². The lowest BCUT2D eigenvalue weighted by Gasteiger charge is -2.22. The van der Waals surface area contributed by atoms with Crippen LogP contribution in [0.1, 0.15) is 88.8 Å². The van der Waals surface area contributed by atoms with Crippen molar-refractivity contribution in [3.05, 3.63) is 11.7 Å². The first kappa shape index (κ1) is 17.9. The zero-order valence-electron chi connectivity index (χ0n) is 14.1. The highest BCUT2D eigenvalue weighted by Gasteiger charge is 2.23. The second-order valence-electron chi connectivity index (χ2n) is 6.67. The van der Waals surface area contributed by atoms with Gasteiger partial charge < -0.3 is 4.52 Å². The molecule has 1 aromatic heterocycles. The molecule has 1 fully saturated rings. The number of rotatable bonds is 9. The van der Waals surface area contributed by atoms with Crippen LogP contribution in [-0.2, 0) is 11.2 Å². The number of amides is 1. The number of carbonyl (C=O) groups is 1. The molecule has 130 valence electrons. The number of hydroxylamine groups is 1. The molecule has 0 saturated heterocycles. The molecule has 6 nitrogen and oxygen atoms in total. The number of aryl methyl sites for hydroxylation is 1. The maximum Gasteiger partial charge on any atom is 0.244 e. The molecule has 2 N–H and O–H groups in total. The Hall–Kier alpha value is -1.43. The van der Waals surface area contributed by atoms with E-state index < -0.39 is 5.91 Å². The van der Waals surface area contributed by atoms with Crippen LogP contribution in [0.5, 0.6) is 0 Å². The first-order valence-electron chi connectivity index (χ1n) is 8.98. The van der Waals surface area contributed by atoms with Crippen molar-refractivity contribution in [1.29, 1.82) is 0 Å². The third-order valence-corrected chi connectivity index (χ3v) is 4.75. The van der Waals surface area contributed by atoms with E-state index in [1.165, 1.54) is 38.5 Å². The standard InChI is InChI=1S/C17H29N3O3/c1-2-7-15-18-17(23-20-15)14(12-16(21)19-22)11-6-10-13-8-4-3-5-9-13/h13-14,22H,2-12H2,1H3,(H,19,21)/t14-/m1/s1. The van der Waals surface area contributed by atoms with E-state index in [2.05, 4.69) is 17.1 Å². The summed E-state index contributed by atoms with van der Waals surface area (Å²) in [5, 5.41) is 12.8. The van der Waals surface area contributed by atoms with Crippen LogP contribution in [0.15, 0.2) is 4.52 Å². The number of hydrogen-bond donors (Lipinski definition) is 2. The van der Waals surface area contributed by atoms with E-state index in [0.29, 0.717) is 11.7 Å². The van der Waals surface area contributed by atoms with Crippen molar-refractivity contribution in [2.45, 2.75) is 83.5 Å². The van der Waals surface area contributed by atoms with Gasteiger partial charge in [0.05, 0.1) is 0 Å². The van der Waals surface area contributed by atoms with Crippen LogP contribution in [-0.4, -0.2) is 21.3 Å². The fraction of sp³-hybridized carbons (Fsp3) is 0.824. The van der Waals surface area contributed by atoms with Crippen LogP contribution in [0.25, 0.3) is 0 Å². The molecule has 1 aliphatic carbocycles. The highest BCUT2D eigenvalue weighted by atomic mass is 16.5. The summed E-state index contributed by atoms with van der Waals surface area (Å²) in [6.07, 6.45) is 11.8. The molecule has 1 aromatic rings. The molecule has 0 aliphatic heterocycles. The Balaban J connectivity index is 1.88. The van der Waals surface area contributed by atoms with Crippen LogP contribution in [0.2, 0.25) is 0 Å². The van der Waals surface area contributed by atoms with Crippen LogP contribution in [0.3, 0.4) is 0 Å². The smallest absolute Gasteiger partial charge is 0.244 e. The summed E-state index contributed by atoms with van der Waals surface area (Å²) < 4.78 is 5.34. The van der Waals surface area contributed by atoms with Gasteiger partial charge in [0.2, 0.25) is 11.8 Å². The maximum absolute atomic E-state index is 11.5. The summed E-state index contributed by atoms with van der Waals surface area (Å²) in [6, 6.07) is 0. The van der Waals surface area contributed by atoms with Gasteiger partial charge in [0, 0.05) is 18.8 Å². The predicted molar refractivity (Wildman–Crippen MR) is 86.0 cm³/mol. The summed E-state index contributed by atoms with van der Waals surface area (Å²) >= 11 is 0. The SMILES string of the molecule is CCCc1noc([C@H](CCCC2CCCCC2)CC(=O)NO)n1. The monoisotopic (exact) mass is 323 g/mol. The molecule has 23 heavy (non-hydrogen) atoms. The first-order chi connectivity index (χ1) is 11.2. The van der Waals surface area contributed by atoms with E-state index in [9.17, 15) is 4.79 Å². The van der Waals surface area contributed by atoms with E-state index in [-0.39, 0.29) is 12.3 Å². The minimum atomic E-state index is -0.400. The molecular weight excluding hydrogens is 294 g/mol. The molecule has 1 amide bonds. The van der Waals surface area contributed by atoms with Gasteiger partial charge in [-0.15, -0.1) is 0 Å². The highest BCUT2D eigenvalue weighted by Crippen LogP contribution is 2.31. The molecule has 0 spiro atoms. The van der Waals surface area contributed by atoms with Crippen LogP contribution >= 0.6 is 0 Å². The number of carbonyl (C=O) groups excluding carboxylic acids is 1. The fourth-order valence-corrected chi connectivity index (χ4v) is 3.47. The summed E-state index contributed by atoms with van der Waals surface area (Å²) in [7, 11) is 0. The Morgan fingerprint density at radius 1 is 1.39 bits per heavy atom. The second kappa shape index (κ2) is 9.65. The molecule has 2 rings (SSSR count). The summed E-state index contributed by atoms with van der Waals surface area (Å²) in [6.45, 7) is 2.07. The molecule has 6 heteroatoms. The van der Waals surface area contributed by atoms with E-state index >= 15 is 0 Å². The van der Waals surface area contributed by atoms with Crippen molar-refractivity contribution >= 4 is 5.91 Å². The summed E-state index contributed by atoms with van der Waals surface area (Å²) in [5.41, 5.74) is 1.71. The van der Waals surface area contributed by atoms with Gasteiger partial charge >= 0.3 is 0 Å². The van der Waals surface area contributed by atoms with Gasteiger partial charge in [-0.05, 0) is 18.8 Å². The van der Waals surface area contributed by atoms with Gasteiger partial charge in [0.1, 0.15) is 0 Å². The van der Waals surface area contributed by atoms with Crippen molar-refractivity contribution in [2.24, 2.45) is 5.92 Å². The lowest BCUT2D eigenvalue weighted by Crippen LogP contribution is -2.21. The predicted octanol–water partition coefficient (Wildman–Crippen LogP) is 3.75. The molecule has 0 aromatic carbocycles. The van der Waals surface area contributed by atoms with E-state index in [1.807, 2.05) is 0 Å². The Labute approximate surface area is 138 Å². The Morgan fingerprint density at radius 2 is 2.17 bits per heavy atom. The van der Waals surface area contributed by atoms with Crippen molar-refractivity contribution < 1.29 is 14.5 Å². The molecule has 1 aliphatic rings. The van der Waals surface area contributed by atoms with Crippen LogP contribution in [0, 0.1) is 5.92 Å². The molecular formula is C17H29N3O3. The third kappa shape index (κ3) is 5.94. The fourth-order valence-electron chi connectivity index (χ4n) is 3.47. The quantitative estimate of drug-likeness (QED) is 0.533. The lowest BCUT2D eigenvalue weighted by atomic mass is 9.84. The maximum atomic E-state index is 11.5. The minimum absolute atomic E-state index is 0.108. The Morgan fingerprint density at radius 3 is 2.87 bits per heavy atom. The van der Waals surface area contributed by atoms with Crippen molar-refractivity contribution in [3.8, 4) is 0 Å². The summed E-state index contributed by atoms with van der Waals surface area (Å²) in [5.74, 6) is 1.55. The van der Waals surface area contributed by atoms with Gasteiger partial charge in [0.25, 0.3) is 0 Å². The molecule has 1 atom stereocenters. The van der Waals surface area contributed by atoms with Crippen molar-refractivity contribution in [1.82, 2.24) is 15.6 Å². The first-order valence-corrected chi connectivity index (χ1v) is 8.98. The van der Waals surface area contributed by atoms with E-state index in [1.54, 1.807) is 5.48 Å². The van der Waals surface area contributed by atoms with Gasteiger partial charge in [-0.1, -0.05) is 57.0 Å². The molecule has 0 bridgehead atoms. The van der Waals surface area contributed by atoms with Gasteiger partial charge in [-0.3, -0.25) is 10.0 Å². The number of aromatic nitrogens is 2. The van der Waals surface area contributed by atoms with Crippen LogP contribution in [0.4, 0.5) is 0 Å². The zero-order valence-corrected chi connectivity index (χ0v) is 14.1. The number of hydrogen-bond acceptors (Lipinski definition) is 5. The summed E-state index contributed by atoms with van der Waals surface area (Å²) in [4.78, 5) is 16.0. The lowest BCUT2D eigenvalue weighted by molar-refractivity contribution is -0.129. The van der Waals surface area contributed by atoms with E-state index in [4.69, 9.17) is 9.73 Å². The Kier molecular flexibility index (Phi) is 7.52. The van der Waals surface area contributed by atoms with Gasteiger partial charge in [0.15, 0.2) is 5.82 Å². The average Bonchev–Trinajstić information content (AvgIpc) is 3.03. The molecule has 0 unspecified atom stereocenters. The van der Waals surface area contributed by atoms with Crippen LogP contribution < -0.4 is 5.48 Å². The van der Waals surface area contributed by atoms with Crippen molar-refractivity contribution in [2.75, 3.05) is 0 Å². The normalized spacial score (nSPS) is 17.1. The molecule has 0 radical (unpaired) electrons. The van der Waals surface area contributed by atoms with E-state index in [0.717, 1.165) is 31.6 Å².